The van der Waals surface area contributed by atoms with Gasteiger partial charge in [-0.3, -0.25) is 9.78 Å². The number of rotatable bonds is 3. The van der Waals surface area contributed by atoms with E-state index in [1.807, 2.05) is 25.1 Å². The van der Waals surface area contributed by atoms with E-state index in [4.69, 9.17) is 0 Å². The van der Waals surface area contributed by atoms with Crippen molar-refractivity contribution in [1.29, 1.82) is 0 Å². The molecule has 2 atom stereocenters. The van der Waals surface area contributed by atoms with Gasteiger partial charge in [0.15, 0.2) is 5.78 Å². The summed E-state index contributed by atoms with van der Waals surface area (Å²) in [7, 11) is 0. The van der Waals surface area contributed by atoms with E-state index < -0.39 is 0 Å². The zero-order valence-electron chi connectivity index (χ0n) is 10.8. The van der Waals surface area contributed by atoms with Crippen LogP contribution < -0.4 is 0 Å². The highest BCUT2D eigenvalue weighted by Crippen LogP contribution is 2.32. The average molecular weight is 231 g/mol. The van der Waals surface area contributed by atoms with Crippen molar-refractivity contribution < 1.29 is 4.79 Å². The lowest BCUT2D eigenvalue weighted by Crippen LogP contribution is -2.23. The molecule has 2 heteroatoms. The molecular formula is C15H21NO. The van der Waals surface area contributed by atoms with Crippen molar-refractivity contribution in [2.75, 3.05) is 0 Å². The fourth-order valence-electron chi connectivity index (χ4n) is 2.79. The Kier molecular flexibility index (Phi) is 3.93. The van der Waals surface area contributed by atoms with E-state index >= 15 is 0 Å². The first-order valence-corrected chi connectivity index (χ1v) is 6.68. The zero-order valence-corrected chi connectivity index (χ0v) is 10.8. The van der Waals surface area contributed by atoms with Crippen LogP contribution in [-0.2, 0) is 0 Å². The monoisotopic (exact) mass is 231 g/mol. The van der Waals surface area contributed by atoms with Gasteiger partial charge in [0.25, 0.3) is 0 Å². The third-order valence-electron chi connectivity index (χ3n) is 3.87. The zero-order chi connectivity index (χ0) is 12.3. The molecular weight excluding hydrogens is 210 g/mol. The Morgan fingerprint density at radius 2 is 2.24 bits per heavy atom. The molecule has 1 aliphatic carbocycles. The van der Waals surface area contributed by atoms with E-state index in [1.165, 1.54) is 19.3 Å². The van der Waals surface area contributed by atoms with Crippen LogP contribution in [0.5, 0.6) is 0 Å². The predicted octanol–water partition coefficient (Wildman–Crippen LogP) is 3.79. The molecule has 0 aromatic carbocycles. The Balaban J connectivity index is 2.09. The highest BCUT2D eigenvalue weighted by atomic mass is 16.1. The van der Waals surface area contributed by atoms with Crippen molar-refractivity contribution in [3.63, 3.8) is 0 Å². The van der Waals surface area contributed by atoms with E-state index in [1.54, 1.807) is 0 Å². The molecule has 1 aliphatic rings. The van der Waals surface area contributed by atoms with Crippen molar-refractivity contribution in [3.05, 3.63) is 29.6 Å². The Morgan fingerprint density at radius 1 is 1.41 bits per heavy atom. The molecule has 0 saturated heterocycles. The normalized spacial score (nSPS) is 24.6. The molecule has 0 spiro atoms. The molecule has 17 heavy (non-hydrogen) atoms. The van der Waals surface area contributed by atoms with Gasteiger partial charge >= 0.3 is 0 Å². The first-order chi connectivity index (χ1) is 8.20. The van der Waals surface area contributed by atoms with Crippen LogP contribution in [0.3, 0.4) is 0 Å². The Labute approximate surface area is 103 Å². The van der Waals surface area contributed by atoms with E-state index in [0.717, 1.165) is 24.5 Å². The van der Waals surface area contributed by atoms with E-state index in [-0.39, 0.29) is 11.7 Å². The van der Waals surface area contributed by atoms with Crippen molar-refractivity contribution in [2.45, 2.75) is 46.0 Å². The van der Waals surface area contributed by atoms with Crippen molar-refractivity contribution in [2.24, 2.45) is 11.8 Å². The third kappa shape index (κ3) is 2.93. The largest absolute Gasteiger partial charge is 0.292 e. The van der Waals surface area contributed by atoms with Gasteiger partial charge in [-0.05, 0) is 37.8 Å². The molecule has 1 aromatic rings. The number of ketones is 1. The smallest absolute Gasteiger partial charge is 0.184 e. The third-order valence-corrected chi connectivity index (χ3v) is 3.87. The number of hydrogen-bond donors (Lipinski definition) is 0. The lowest BCUT2D eigenvalue weighted by atomic mass is 9.77. The molecule has 1 aromatic heterocycles. The molecule has 0 amide bonds. The topological polar surface area (TPSA) is 30.0 Å². The average Bonchev–Trinajstić information content (AvgIpc) is 2.38. The predicted molar refractivity (Wildman–Crippen MR) is 69.0 cm³/mol. The molecule has 1 heterocycles. The summed E-state index contributed by atoms with van der Waals surface area (Å²) >= 11 is 0. The van der Waals surface area contributed by atoms with E-state index in [2.05, 4.69) is 11.9 Å². The lowest BCUT2D eigenvalue weighted by molar-refractivity contribution is 0.0856. The van der Waals surface area contributed by atoms with Crippen molar-refractivity contribution in [3.8, 4) is 0 Å². The summed E-state index contributed by atoms with van der Waals surface area (Å²) in [5, 5.41) is 0. The van der Waals surface area contributed by atoms with Gasteiger partial charge in [0, 0.05) is 11.6 Å². The summed E-state index contributed by atoms with van der Waals surface area (Å²) in [6, 6.07) is 5.72. The summed E-state index contributed by atoms with van der Waals surface area (Å²) in [4.78, 5) is 16.7. The number of Topliss-reactive ketones (excluding diaryl/α,β-unsaturated/α-hetero) is 1. The van der Waals surface area contributed by atoms with Crippen LogP contribution in [0.25, 0.3) is 0 Å². The summed E-state index contributed by atoms with van der Waals surface area (Å²) in [5.74, 6) is 1.21. The standard InChI is InChI=1S/C15H21NO/c1-3-12-7-5-8-13(10-12)15(17)14-9-4-6-11(2)16-14/h4,6,9,12-13H,3,5,7-8,10H2,1-2H3. The first-order valence-electron chi connectivity index (χ1n) is 6.68. The second kappa shape index (κ2) is 5.44. The van der Waals surface area contributed by atoms with Gasteiger partial charge in [0.05, 0.1) is 0 Å². The number of carbonyl (C=O) groups is 1. The second-order valence-electron chi connectivity index (χ2n) is 5.17. The van der Waals surface area contributed by atoms with Crippen molar-refractivity contribution >= 4 is 5.78 Å². The molecule has 2 rings (SSSR count). The van der Waals surface area contributed by atoms with Gasteiger partial charge in [-0.2, -0.15) is 0 Å². The minimum absolute atomic E-state index is 0.211. The SMILES string of the molecule is CCC1CCCC(C(=O)c2cccc(C)n2)C1. The quantitative estimate of drug-likeness (QED) is 0.741. The molecule has 1 fully saturated rings. The number of aromatic nitrogens is 1. The van der Waals surface area contributed by atoms with Crippen LogP contribution >= 0.6 is 0 Å². The van der Waals surface area contributed by atoms with Gasteiger partial charge in [-0.15, -0.1) is 0 Å². The summed E-state index contributed by atoms with van der Waals surface area (Å²) in [6.45, 7) is 4.16. The summed E-state index contributed by atoms with van der Waals surface area (Å²) in [6.07, 6.45) is 5.79. The van der Waals surface area contributed by atoms with Crippen LogP contribution in [-0.4, -0.2) is 10.8 Å². The fraction of sp³-hybridized carbons (Fsp3) is 0.600. The first kappa shape index (κ1) is 12.3. The lowest BCUT2D eigenvalue weighted by Gasteiger charge is -2.27. The second-order valence-corrected chi connectivity index (χ2v) is 5.17. The van der Waals surface area contributed by atoms with Gasteiger partial charge in [0.2, 0.25) is 0 Å². The van der Waals surface area contributed by atoms with Gasteiger partial charge in [-0.25, -0.2) is 0 Å². The van der Waals surface area contributed by atoms with Crippen LogP contribution in [0.2, 0.25) is 0 Å². The number of pyridine rings is 1. The van der Waals surface area contributed by atoms with Gasteiger partial charge in [0.1, 0.15) is 5.69 Å². The Morgan fingerprint density at radius 3 is 2.94 bits per heavy atom. The summed E-state index contributed by atoms with van der Waals surface area (Å²) < 4.78 is 0. The van der Waals surface area contributed by atoms with Crippen LogP contribution in [0.4, 0.5) is 0 Å². The summed E-state index contributed by atoms with van der Waals surface area (Å²) in [5.41, 5.74) is 1.59. The van der Waals surface area contributed by atoms with Crippen LogP contribution in [0, 0.1) is 18.8 Å². The minimum atomic E-state index is 0.211. The van der Waals surface area contributed by atoms with Crippen LogP contribution in [0.15, 0.2) is 18.2 Å². The minimum Gasteiger partial charge on any atom is -0.292 e. The molecule has 2 unspecified atom stereocenters. The van der Waals surface area contributed by atoms with E-state index in [9.17, 15) is 4.79 Å². The number of nitrogens with zero attached hydrogens (tertiary/aromatic N) is 1. The van der Waals surface area contributed by atoms with Crippen molar-refractivity contribution in [1.82, 2.24) is 4.98 Å². The molecule has 0 bridgehead atoms. The highest BCUT2D eigenvalue weighted by Gasteiger charge is 2.27. The Hall–Kier alpha value is -1.18. The molecule has 1 saturated carbocycles. The molecule has 92 valence electrons. The van der Waals surface area contributed by atoms with Gasteiger partial charge < -0.3 is 0 Å². The molecule has 0 aliphatic heterocycles. The maximum absolute atomic E-state index is 12.4. The van der Waals surface area contributed by atoms with Gasteiger partial charge in [-0.1, -0.05) is 32.3 Å². The molecule has 2 nitrogen and oxygen atoms in total. The maximum atomic E-state index is 12.4. The molecule has 0 N–H and O–H groups in total. The number of hydrogen-bond acceptors (Lipinski definition) is 2. The van der Waals surface area contributed by atoms with Crippen LogP contribution in [0.1, 0.15) is 55.2 Å². The maximum Gasteiger partial charge on any atom is 0.184 e. The van der Waals surface area contributed by atoms with E-state index in [0.29, 0.717) is 5.69 Å². The molecule has 0 radical (unpaired) electrons. The fourth-order valence-corrected chi connectivity index (χ4v) is 2.79. The number of aryl methyl sites for hydroxylation is 1. The highest BCUT2D eigenvalue weighted by molar-refractivity contribution is 5.96. The number of carbonyl (C=O) groups excluding carboxylic acids is 1. The Bertz CT molecular complexity index is 400.